The highest BCUT2D eigenvalue weighted by Crippen LogP contribution is 2.29. The van der Waals surface area contributed by atoms with E-state index in [4.69, 9.17) is 9.47 Å². The first-order valence-corrected chi connectivity index (χ1v) is 10.3. The Morgan fingerprint density at radius 1 is 0.938 bits per heavy atom. The van der Waals surface area contributed by atoms with Crippen LogP contribution in [0, 0.1) is 0 Å². The number of carbonyl (C=O) groups is 2. The van der Waals surface area contributed by atoms with Crippen LogP contribution in [-0.4, -0.2) is 32.6 Å². The van der Waals surface area contributed by atoms with Gasteiger partial charge in [-0.05, 0) is 66.1 Å². The molecular formula is C26H24N2O4. The Morgan fingerprint density at radius 2 is 1.69 bits per heavy atom. The Hall–Kier alpha value is -4.06. The Bertz CT molecular complexity index is 1170. The summed E-state index contributed by atoms with van der Waals surface area (Å²) in [7, 11) is 3.14. The lowest BCUT2D eigenvalue weighted by molar-refractivity contribution is -0.111. The van der Waals surface area contributed by atoms with Crippen LogP contribution in [0.1, 0.15) is 21.5 Å². The zero-order valence-corrected chi connectivity index (χ0v) is 18.0. The summed E-state index contributed by atoms with van der Waals surface area (Å²) >= 11 is 0. The summed E-state index contributed by atoms with van der Waals surface area (Å²) in [4.78, 5) is 27.0. The molecule has 4 rings (SSSR count). The maximum absolute atomic E-state index is 12.9. The van der Waals surface area contributed by atoms with E-state index in [1.165, 1.54) is 11.6 Å². The van der Waals surface area contributed by atoms with E-state index in [1.54, 1.807) is 61.6 Å². The van der Waals surface area contributed by atoms with Gasteiger partial charge in [0, 0.05) is 29.6 Å². The van der Waals surface area contributed by atoms with Gasteiger partial charge in [-0.2, -0.15) is 0 Å². The van der Waals surface area contributed by atoms with Gasteiger partial charge in [-0.1, -0.05) is 24.3 Å². The van der Waals surface area contributed by atoms with Crippen molar-refractivity contribution in [3.63, 3.8) is 0 Å². The van der Waals surface area contributed by atoms with Gasteiger partial charge in [0.2, 0.25) is 5.91 Å². The second kappa shape index (κ2) is 9.39. The Kier molecular flexibility index (Phi) is 6.22. The summed E-state index contributed by atoms with van der Waals surface area (Å²) < 4.78 is 10.5. The molecule has 0 unspecified atom stereocenters. The Balaban J connectivity index is 1.39. The molecule has 0 atom stereocenters. The quantitative estimate of drug-likeness (QED) is 0.585. The maximum atomic E-state index is 12.9. The third kappa shape index (κ3) is 4.49. The van der Waals surface area contributed by atoms with Crippen molar-refractivity contribution in [1.29, 1.82) is 0 Å². The molecule has 0 bridgehead atoms. The van der Waals surface area contributed by atoms with E-state index in [1.807, 2.05) is 24.3 Å². The van der Waals surface area contributed by atoms with Crippen LogP contribution in [0.15, 0.2) is 72.8 Å². The maximum Gasteiger partial charge on any atom is 0.258 e. The van der Waals surface area contributed by atoms with Crippen molar-refractivity contribution in [3.05, 3.63) is 89.5 Å². The molecular weight excluding hydrogens is 404 g/mol. The fourth-order valence-corrected chi connectivity index (χ4v) is 3.71. The van der Waals surface area contributed by atoms with Gasteiger partial charge in [0.25, 0.3) is 5.91 Å². The van der Waals surface area contributed by atoms with Crippen LogP contribution in [-0.2, 0) is 11.2 Å². The Labute approximate surface area is 187 Å². The van der Waals surface area contributed by atoms with Crippen LogP contribution in [0.3, 0.4) is 0 Å². The van der Waals surface area contributed by atoms with Crippen molar-refractivity contribution >= 4 is 29.3 Å². The fourth-order valence-electron chi connectivity index (χ4n) is 3.71. The van der Waals surface area contributed by atoms with Crippen LogP contribution in [0.4, 0.5) is 11.4 Å². The van der Waals surface area contributed by atoms with Gasteiger partial charge in [0.05, 0.1) is 14.2 Å². The van der Waals surface area contributed by atoms with Crippen molar-refractivity contribution in [3.8, 4) is 11.5 Å². The minimum Gasteiger partial charge on any atom is -0.493 e. The molecule has 1 aliphatic rings. The van der Waals surface area contributed by atoms with Crippen molar-refractivity contribution in [2.45, 2.75) is 6.42 Å². The highest BCUT2D eigenvalue weighted by atomic mass is 16.5. The minimum absolute atomic E-state index is 0.0406. The molecule has 162 valence electrons. The summed E-state index contributed by atoms with van der Waals surface area (Å²) in [6.45, 7) is 0.678. The molecule has 0 aromatic heterocycles. The summed E-state index contributed by atoms with van der Waals surface area (Å²) in [5.74, 6) is 0.908. The number of nitrogens with zero attached hydrogens (tertiary/aromatic N) is 1. The number of anilines is 2. The van der Waals surface area contributed by atoms with E-state index in [0.717, 1.165) is 17.7 Å². The lowest BCUT2D eigenvalue weighted by Gasteiger charge is -2.17. The van der Waals surface area contributed by atoms with Crippen LogP contribution in [0.2, 0.25) is 0 Å². The molecule has 6 heteroatoms. The highest BCUT2D eigenvalue weighted by molar-refractivity contribution is 6.08. The lowest BCUT2D eigenvalue weighted by Crippen LogP contribution is -2.28. The van der Waals surface area contributed by atoms with E-state index >= 15 is 0 Å². The molecule has 1 heterocycles. The molecule has 6 nitrogen and oxygen atoms in total. The average Bonchev–Trinajstić information content (AvgIpc) is 3.26. The van der Waals surface area contributed by atoms with Crippen molar-refractivity contribution in [2.75, 3.05) is 31.0 Å². The summed E-state index contributed by atoms with van der Waals surface area (Å²) in [6.07, 6.45) is 4.00. The van der Waals surface area contributed by atoms with Gasteiger partial charge >= 0.3 is 0 Å². The van der Waals surface area contributed by atoms with Crippen molar-refractivity contribution < 1.29 is 19.1 Å². The van der Waals surface area contributed by atoms with E-state index < -0.39 is 0 Å². The van der Waals surface area contributed by atoms with Crippen molar-refractivity contribution in [2.24, 2.45) is 0 Å². The van der Waals surface area contributed by atoms with Crippen LogP contribution < -0.4 is 19.7 Å². The number of ether oxygens (including phenoxy) is 2. The highest BCUT2D eigenvalue weighted by Gasteiger charge is 2.24. The number of nitrogens with one attached hydrogen (secondary N) is 1. The van der Waals surface area contributed by atoms with E-state index in [0.29, 0.717) is 29.3 Å². The van der Waals surface area contributed by atoms with Crippen LogP contribution in [0.25, 0.3) is 6.08 Å². The second-order valence-electron chi connectivity index (χ2n) is 7.35. The molecule has 0 fully saturated rings. The first-order chi connectivity index (χ1) is 15.6. The summed E-state index contributed by atoms with van der Waals surface area (Å²) in [5.41, 5.74) is 4.16. The van der Waals surface area contributed by atoms with Crippen molar-refractivity contribution in [1.82, 2.24) is 0 Å². The van der Waals surface area contributed by atoms with E-state index in [2.05, 4.69) is 11.4 Å². The molecule has 3 aromatic carbocycles. The average molecular weight is 428 g/mol. The second-order valence-corrected chi connectivity index (χ2v) is 7.35. The molecule has 0 saturated heterocycles. The number of carbonyl (C=O) groups excluding carboxylic acids is 2. The topological polar surface area (TPSA) is 67.9 Å². The molecule has 2 amide bonds. The standard InChI is InChI=1S/C26H24N2O4/c1-31-23-13-7-18(17-24(23)32-2)8-14-25(29)27-21-11-9-20(10-12-21)26(30)28-16-15-19-5-3-4-6-22(19)28/h3-14,17H,15-16H2,1-2H3,(H,27,29)/b14-8+. The van der Waals surface area contributed by atoms with Gasteiger partial charge in [-0.25, -0.2) is 0 Å². The van der Waals surface area contributed by atoms with Gasteiger partial charge in [0.15, 0.2) is 11.5 Å². The molecule has 3 aromatic rings. The molecule has 0 aliphatic carbocycles. The zero-order valence-electron chi connectivity index (χ0n) is 18.0. The van der Waals surface area contributed by atoms with Crippen LogP contribution in [0.5, 0.6) is 11.5 Å². The number of methoxy groups -OCH3 is 2. The number of rotatable bonds is 6. The molecule has 1 aliphatic heterocycles. The van der Waals surface area contributed by atoms with Crippen LogP contribution >= 0.6 is 0 Å². The summed E-state index contributed by atoms with van der Waals surface area (Å²) in [6, 6.07) is 20.3. The zero-order chi connectivity index (χ0) is 22.5. The van der Waals surface area contributed by atoms with Gasteiger partial charge < -0.3 is 19.7 Å². The fraction of sp³-hybridized carbons (Fsp3) is 0.154. The predicted octanol–water partition coefficient (Wildman–Crippen LogP) is 4.56. The number of hydrogen-bond acceptors (Lipinski definition) is 4. The monoisotopic (exact) mass is 428 g/mol. The molecule has 1 N–H and O–H groups in total. The molecule has 0 spiro atoms. The Morgan fingerprint density at radius 3 is 2.44 bits per heavy atom. The number of fused-ring (bicyclic) bond motifs is 1. The van der Waals surface area contributed by atoms with E-state index in [9.17, 15) is 9.59 Å². The minimum atomic E-state index is -0.271. The third-order valence-electron chi connectivity index (χ3n) is 5.37. The number of para-hydroxylation sites is 1. The molecule has 0 radical (unpaired) electrons. The number of amides is 2. The molecule has 0 saturated carbocycles. The first kappa shape index (κ1) is 21.2. The lowest BCUT2D eigenvalue weighted by atomic mass is 10.1. The smallest absolute Gasteiger partial charge is 0.258 e. The van der Waals surface area contributed by atoms with Gasteiger partial charge in [-0.15, -0.1) is 0 Å². The number of benzene rings is 3. The third-order valence-corrected chi connectivity index (χ3v) is 5.37. The molecule has 32 heavy (non-hydrogen) atoms. The predicted molar refractivity (Wildman–Crippen MR) is 125 cm³/mol. The normalized spacial score (nSPS) is 12.5. The van der Waals surface area contributed by atoms with E-state index in [-0.39, 0.29) is 11.8 Å². The van der Waals surface area contributed by atoms with Gasteiger partial charge in [-0.3, -0.25) is 9.59 Å². The number of hydrogen-bond donors (Lipinski definition) is 1. The van der Waals surface area contributed by atoms with Gasteiger partial charge in [0.1, 0.15) is 0 Å². The first-order valence-electron chi connectivity index (χ1n) is 10.3. The SMILES string of the molecule is COc1ccc(/C=C/C(=O)Nc2ccc(C(=O)N3CCc4ccccc43)cc2)cc1OC. The summed E-state index contributed by atoms with van der Waals surface area (Å²) in [5, 5.41) is 2.81. The largest absolute Gasteiger partial charge is 0.493 e.